The third kappa shape index (κ3) is 2.98. The van der Waals surface area contributed by atoms with Crippen molar-refractivity contribution < 1.29 is 4.79 Å². The number of nitrogens with zero attached hydrogens (tertiary/aromatic N) is 4. The molecule has 0 aromatic carbocycles. The zero-order chi connectivity index (χ0) is 14.8. The maximum absolute atomic E-state index is 12.2. The second-order valence-electron chi connectivity index (χ2n) is 4.78. The first kappa shape index (κ1) is 13.8. The van der Waals surface area contributed by atoms with Gasteiger partial charge in [-0.2, -0.15) is 5.10 Å². The Hall–Kier alpha value is -2.13. The van der Waals surface area contributed by atoms with Gasteiger partial charge in [0.1, 0.15) is 10.7 Å². The molecule has 2 aromatic rings. The molecule has 0 saturated carbocycles. The number of nitrogens with two attached hydrogens (primary N) is 1. The normalized spacial score (nSPS) is 15.2. The van der Waals surface area contributed by atoms with E-state index in [1.165, 1.54) is 11.3 Å². The number of thiazole rings is 1. The molecule has 0 aliphatic carbocycles. The Morgan fingerprint density at radius 3 is 2.90 bits per heavy atom. The maximum atomic E-state index is 12.2. The van der Waals surface area contributed by atoms with Gasteiger partial charge in [-0.3, -0.25) is 9.48 Å². The van der Waals surface area contributed by atoms with Gasteiger partial charge in [0.05, 0.1) is 0 Å². The van der Waals surface area contributed by atoms with Crippen molar-refractivity contribution in [3.63, 3.8) is 0 Å². The highest BCUT2D eigenvalue weighted by atomic mass is 32.1. The summed E-state index contributed by atoms with van der Waals surface area (Å²) in [7, 11) is 1.79. The second kappa shape index (κ2) is 5.70. The van der Waals surface area contributed by atoms with Gasteiger partial charge >= 0.3 is 0 Å². The van der Waals surface area contributed by atoms with E-state index < -0.39 is 0 Å². The summed E-state index contributed by atoms with van der Waals surface area (Å²) in [5.74, 6) is 0.492. The summed E-state index contributed by atoms with van der Waals surface area (Å²) in [6.45, 7) is 3.56. The fourth-order valence-corrected chi connectivity index (χ4v) is 3.06. The third-order valence-electron chi connectivity index (χ3n) is 3.19. The summed E-state index contributed by atoms with van der Waals surface area (Å²) in [5, 5.41) is 10.9. The van der Waals surface area contributed by atoms with Crippen LogP contribution in [0.4, 0.5) is 16.8 Å². The molecule has 0 bridgehead atoms. The fourth-order valence-electron chi connectivity index (χ4n) is 2.13. The van der Waals surface area contributed by atoms with E-state index in [0.29, 0.717) is 10.7 Å². The van der Waals surface area contributed by atoms with E-state index in [0.717, 1.165) is 31.3 Å². The van der Waals surface area contributed by atoms with Crippen molar-refractivity contribution in [1.82, 2.24) is 20.1 Å². The van der Waals surface area contributed by atoms with E-state index in [-0.39, 0.29) is 11.7 Å². The Labute approximate surface area is 126 Å². The third-order valence-corrected chi connectivity index (χ3v) is 4.32. The lowest BCUT2D eigenvalue weighted by Crippen LogP contribution is -2.43. The van der Waals surface area contributed by atoms with Crippen LogP contribution in [0, 0.1) is 0 Å². The predicted octanol–water partition coefficient (Wildman–Crippen LogP) is 0.121. The van der Waals surface area contributed by atoms with Crippen LogP contribution in [0.3, 0.4) is 0 Å². The van der Waals surface area contributed by atoms with E-state index in [4.69, 9.17) is 5.73 Å². The topological polar surface area (TPSA) is 101 Å². The van der Waals surface area contributed by atoms with E-state index in [1.807, 2.05) is 0 Å². The largest absolute Gasteiger partial charge is 0.382 e. The first-order valence-electron chi connectivity index (χ1n) is 6.66. The lowest BCUT2D eigenvalue weighted by Gasteiger charge is -2.26. The Balaban J connectivity index is 1.75. The molecule has 0 unspecified atom stereocenters. The fraction of sp³-hybridized carbons (Fsp3) is 0.417. The lowest BCUT2D eigenvalue weighted by atomic mass is 10.4. The summed E-state index contributed by atoms with van der Waals surface area (Å²) in [5.41, 5.74) is 5.88. The van der Waals surface area contributed by atoms with E-state index in [1.54, 1.807) is 24.0 Å². The van der Waals surface area contributed by atoms with Crippen LogP contribution < -0.4 is 21.3 Å². The molecule has 0 spiro atoms. The number of hydrogen-bond donors (Lipinski definition) is 3. The number of nitrogen functional groups attached to an aromatic ring is 1. The van der Waals surface area contributed by atoms with Gasteiger partial charge in [-0.05, 0) is 0 Å². The number of amides is 1. The number of carbonyl (C=O) groups excluding carboxylic acids is 1. The maximum Gasteiger partial charge on any atom is 0.270 e. The van der Waals surface area contributed by atoms with E-state index in [9.17, 15) is 4.79 Å². The molecule has 1 aliphatic rings. The molecule has 21 heavy (non-hydrogen) atoms. The number of rotatable bonds is 3. The summed E-state index contributed by atoms with van der Waals surface area (Å²) in [6.07, 6.45) is 1.76. The van der Waals surface area contributed by atoms with Crippen LogP contribution in [0.25, 0.3) is 0 Å². The zero-order valence-corrected chi connectivity index (χ0v) is 12.5. The van der Waals surface area contributed by atoms with Crippen LogP contribution in [0.2, 0.25) is 0 Å². The number of piperazine rings is 1. The van der Waals surface area contributed by atoms with Crippen molar-refractivity contribution in [2.24, 2.45) is 7.05 Å². The molecular formula is C12H17N7OS. The Bertz CT molecular complexity index is 644. The average molecular weight is 307 g/mol. The summed E-state index contributed by atoms with van der Waals surface area (Å²) in [6, 6.07) is 1.73. The van der Waals surface area contributed by atoms with Crippen molar-refractivity contribution in [1.29, 1.82) is 0 Å². The highest BCUT2D eigenvalue weighted by Crippen LogP contribution is 2.28. The van der Waals surface area contributed by atoms with Gasteiger partial charge in [0.25, 0.3) is 5.91 Å². The number of nitrogens with one attached hydrogen (secondary N) is 2. The highest BCUT2D eigenvalue weighted by Gasteiger charge is 2.21. The van der Waals surface area contributed by atoms with Crippen molar-refractivity contribution in [2.75, 3.05) is 42.1 Å². The SMILES string of the molecule is Cn1ccc(NC(=O)c2sc(N3CCNCC3)nc2N)n1. The van der Waals surface area contributed by atoms with Crippen molar-refractivity contribution >= 4 is 34.0 Å². The zero-order valence-electron chi connectivity index (χ0n) is 11.7. The van der Waals surface area contributed by atoms with Gasteiger partial charge in [0.15, 0.2) is 10.9 Å². The first-order chi connectivity index (χ1) is 10.1. The minimum atomic E-state index is -0.273. The molecule has 3 rings (SSSR count). The number of aromatic nitrogens is 3. The van der Waals surface area contributed by atoms with Gasteiger partial charge in [-0.25, -0.2) is 4.98 Å². The molecule has 1 fully saturated rings. The van der Waals surface area contributed by atoms with Gasteiger partial charge < -0.3 is 21.3 Å². The second-order valence-corrected chi connectivity index (χ2v) is 5.75. The van der Waals surface area contributed by atoms with Crippen LogP contribution in [0.1, 0.15) is 9.67 Å². The quantitative estimate of drug-likeness (QED) is 0.744. The molecule has 1 saturated heterocycles. The average Bonchev–Trinajstić information content (AvgIpc) is 3.06. The molecule has 0 radical (unpaired) electrons. The Kier molecular flexibility index (Phi) is 3.76. The van der Waals surface area contributed by atoms with Crippen LogP contribution in [0.5, 0.6) is 0 Å². The van der Waals surface area contributed by atoms with E-state index in [2.05, 4.69) is 25.6 Å². The van der Waals surface area contributed by atoms with Crippen molar-refractivity contribution in [3.05, 3.63) is 17.1 Å². The minimum absolute atomic E-state index is 0.266. The number of hydrogen-bond acceptors (Lipinski definition) is 7. The minimum Gasteiger partial charge on any atom is -0.382 e. The highest BCUT2D eigenvalue weighted by molar-refractivity contribution is 7.18. The number of anilines is 3. The summed E-state index contributed by atoms with van der Waals surface area (Å²) >= 11 is 1.32. The smallest absolute Gasteiger partial charge is 0.270 e. The Morgan fingerprint density at radius 2 is 2.24 bits per heavy atom. The first-order valence-corrected chi connectivity index (χ1v) is 7.48. The molecule has 8 nitrogen and oxygen atoms in total. The van der Waals surface area contributed by atoms with Crippen molar-refractivity contribution in [2.45, 2.75) is 0 Å². The molecular weight excluding hydrogens is 290 g/mol. The number of aryl methyl sites for hydroxylation is 1. The molecule has 1 aliphatic heterocycles. The molecule has 2 aromatic heterocycles. The summed E-state index contributed by atoms with van der Waals surface area (Å²) in [4.78, 5) is 19.1. The van der Waals surface area contributed by atoms with E-state index >= 15 is 0 Å². The summed E-state index contributed by atoms with van der Waals surface area (Å²) < 4.78 is 1.62. The van der Waals surface area contributed by atoms with Crippen LogP contribution in [-0.2, 0) is 7.05 Å². The predicted molar refractivity (Wildman–Crippen MR) is 82.8 cm³/mol. The van der Waals surface area contributed by atoms with Gasteiger partial charge in [0, 0.05) is 45.5 Å². The standard InChI is InChI=1S/C12H17N7OS/c1-18-5-2-8(17-18)15-11(20)9-10(13)16-12(21-9)19-6-3-14-4-7-19/h2,5,14H,3-4,6-7,13H2,1H3,(H,15,17,20). The van der Waals surface area contributed by atoms with Gasteiger partial charge in [0.2, 0.25) is 0 Å². The molecule has 112 valence electrons. The van der Waals surface area contributed by atoms with Gasteiger partial charge in [-0.1, -0.05) is 11.3 Å². The van der Waals surface area contributed by atoms with Gasteiger partial charge in [-0.15, -0.1) is 0 Å². The Morgan fingerprint density at radius 1 is 1.48 bits per heavy atom. The molecule has 9 heteroatoms. The number of carbonyl (C=O) groups is 1. The lowest BCUT2D eigenvalue weighted by molar-refractivity contribution is 0.103. The van der Waals surface area contributed by atoms with Crippen LogP contribution >= 0.6 is 11.3 Å². The molecule has 1 amide bonds. The van der Waals surface area contributed by atoms with Crippen molar-refractivity contribution in [3.8, 4) is 0 Å². The molecule has 0 atom stereocenters. The molecule has 4 N–H and O–H groups in total. The molecule has 3 heterocycles. The van der Waals surface area contributed by atoms with Crippen LogP contribution in [0.15, 0.2) is 12.3 Å². The van der Waals surface area contributed by atoms with Crippen LogP contribution in [-0.4, -0.2) is 46.9 Å². The monoisotopic (exact) mass is 307 g/mol.